The van der Waals surface area contributed by atoms with Gasteiger partial charge in [0.05, 0.1) is 6.61 Å². The predicted molar refractivity (Wildman–Crippen MR) is 98.6 cm³/mol. The molecule has 4 heteroatoms. The molecule has 4 nitrogen and oxygen atoms in total. The van der Waals surface area contributed by atoms with Crippen molar-refractivity contribution in [1.29, 1.82) is 0 Å². The number of aliphatic hydroxyl groups is 1. The smallest absolute Gasteiger partial charge is 0.252 e. The first kappa shape index (κ1) is 18.2. The third kappa shape index (κ3) is 3.69. The number of hydrogen-bond acceptors (Lipinski definition) is 3. The molecule has 138 valence electrons. The molecule has 0 bridgehead atoms. The highest BCUT2D eigenvalue weighted by Crippen LogP contribution is 2.41. The summed E-state index contributed by atoms with van der Waals surface area (Å²) in [6, 6.07) is 6.21. The summed E-state index contributed by atoms with van der Waals surface area (Å²) in [5, 5.41) is 14.1. The van der Waals surface area contributed by atoms with Gasteiger partial charge in [0.25, 0.3) is 5.91 Å². The van der Waals surface area contributed by atoms with Crippen LogP contribution in [0, 0.1) is 17.8 Å². The van der Waals surface area contributed by atoms with E-state index in [1.165, 1.54) is 5.56 Å². The van der Waals surface area contributed by atoms with Gasteiger partial charge < -0.3 is 15.2 Å². The van der Waals surface area contributed by atoms with Crippen molar-refractivity contribution >= 4 is 5.91 Å². The second kappa shape index (κ2) is 7.36. The summed E-state index contributed by atoms with van der Waals surface area (Å²) in [5.41, 5.74) is 1.16. The van der Waals surface area contributed by atoms with Gasteiger partial charge >= 0.3 is 0 Å². The molecule has 0 saturated heterocycles. The van der Waals surface area contributed by atoms with Crippen molar-refractivity contribution in [2.45, 2.75) is 58.5 Å². The molecule has 1 saturated carbocycles. The average molecular weight is 345 g/mol. The van der Waals surface area contributed by atoms with Crippen molar-refractivity contribution in [2.24, 2.45) is 17.8 Å². The van der Waals surface area contributed by atoms with E-state index in [-0.39, 0.29) is 11.8 Å². The first-order valence-corrected chi connectivity index (χ1v) is 9.66. The maximum absolute atomic E-state index is 12.8. The standard InChI is InChI=1S/C21H31NO3/c1-14(2)18-8-7-15(3)13-21(18,24)20(23)22-11-9-16-5-4-6-17-10-12-25-19(16)17/h4-6,14-15,18,24H,7-13H2,1-3H3,(H,22,23)/t15?,18?,21-/m1/s1. The summed E-state index contributed by atoms with van der Waals surface area (Å²) in [4.78, 5) is 12.8. The molecular weight excluding hydrogens is 314 g/mol. The number of para-hydroxylation sites is 1. The molecular formula is C21H31NO3. The van der Waals surface area contributed by atoms with E-state index >= 15 is 0 Å². The molecule has 2 N–H and O–H groups in total. The lowest BCUT2D eigenvalue weighted by atomic mass is 9.66. The van der Waals surface area contributed by atoms with Crippen molar-refractivity contribution in [3.63, 3.8) is 0 Å². The van der Waals surface area contributed by atoms with Crippen LogP contribution in [0.3, 0.4) is 0 Å². The number of nitrogens with one attached hydrogen (secondary N) is 1. The van der Waals surface area contributed by atoms with Gasteiger partial charge in [-0.05, 0) is 48.1 Å². The van der Waals surface area contributed by atoms with Crippen LogP contribution in [-0.2, 0) is 17.6 Å². The Labute approximate surface area is 151 Å². The van der Waals surface area contributed by atoms with Gasteiger partial charge in [-0.2, -0.15) is 0 Å². The lowest BCUT2D eigenvalue weighted by Gasteiger charge is -2.43. The minimum absolute atomic E-state index is 0.0352. The molecule has 1 aromatic rings. The number of ether oxygens (including phenoxy) is 1. The molecule has 2 aliphatic rings. The molecule has 3 atom stereocenters. The normalized spacial score (nSPS) is 28.5. The molecule has 1 amide bonds. The molecule has 2 unspecified atom stereocenters. The molecule has 0 spiro atoms. The van der Waals surface area contributed by atoms with Gasteiger partial charge in [0.1, 0.15) is 11.4 Å². The Morgan fingerprint density at radius 3 is 2.96 bits per heavy atom. The van der Waals surface area contributed by atoms with Crippen LogP contribution < -0.4 is 10.1 Å². The van der Waals surface area contributed by atoms with Crippen LogP contribution in [0.1, 0.15) is 51.2 Å². The largest absolute Gasteiger partial charge is 0.493 e. The SMILES string of the molecule is CC1CCC(C(C)C)[C@@](O)(C(=O)NCCc2cccc3c2OCC3)C1. The first-order chi connectivity index (χ1) is 11.9. The number of rotatable bonds is 5. The van der Waals surface area contributed by atoms with Crippen LogP contribution in [0.15, 0.2) is 18.2 Å². The molecule has 1 fully saturated rings. The molecule has 0 aromatic heterocycles. The van der Waals surface area contributed by atoms with E-state index in [4.69, 9.17) is 4.74 Å². The molecule has 3 rings (SSSR count). The highest BCUT2D eigenvalue weighted by atomic mass is 16.5. The van der Waals surface area contributed by atoms with Gasteiger partial charge in [0.15, 0.2) is 0 Å². The maximum Gasteiger partial charge on any atom is 0.252 e. The number of carbonyl (C=O) groups excluding carboxylic acids is 1. The van der Waals surface area contributed by atoms with E-state index in [0.29, 0.717) is 24.8 Å². The minimum Gasteiger partial charge on any atom is -0.493 e. The summed E-state index contributed by atoms with van der Waals surface area (Å²) in [7, 11) is 0. The Balaban J connectivity index is 1.62. The molecule has 1 aliphatic heterocycles. The van der Waals surface area contributed by atoms with Gasteiger partial charge in [0, 0.05) is 13.0 Å². The fourth-order valence-electron chi connectivity index (χ4n) is 4.58. The van der Waals surface area contributed by atoms with Crippen molar-refractivity contribution < 1.29 is 14.6 Å². The van der Waals surface area contributed by atoms with Crippen molar-refractivity contribution in [1.82, 2.24) is 5.32 Å². The van der Waals surface area contributed by atoms with E-state index in [9.17, 15) is 9.90 Å². The van der Waals surface area contributed by atoms with E-state index in [0.717, 1.165) is 43.6 Å². The Bertz CT molecular complexity index is 628. The predicted octanol–water partition coefficient (Wildman–Crippen LogP) is 3.10. The average Bonchev–Trinajstić information content (AvgIpc) is 3.03. The second-order valence-corrected chi connectivity index (χ2v) is 8.17. The lowest BCUT2D eigenvalue weighted by Crippen LogP contribution is -2.56. The summed E-state index contributed by atoms with van der Waals surface area (Å²) in [6.07, 6.45) is 4.26. The topological polar surface area (TPSA) is 58.6 Å². The van der Waals surface area contributed by atoms with Crippen molar-refractivity contribution in [2.75, 3.05) is 13.2 Å². The Morgan fingerprint density at radius 1 is 1.40 bits per heavy atom. The van der Waals surface area contributed by atoms with Gasteiger partial charge in [0.2, 0.25) is 0 Å². The zero-order valence-electron chi connectivity index (χ0n) is 15.7. The number of benzene rings is 1. The number of amides is 1. The maximum atomic E-state index is 12.8. The monoisotopic (exact) mass is 345 g/mol. The zero-order chi connectivity index (χ0) is 18.0. The lowest BCUT2D eigenvalue weighted by molar-refractivity contribution is -0.155. The van der Waals surface area contributed by atoms with Crippen LogP contribution in [0.5, 0.6) is 5.75 Å². The molecule has 1 heterocycles. The van der Waals surface area contributed by atoms with E-state index in [1.54, 1.807) is 0 Å². The molecule has 1 aliphatic carbocycles. The molecule has 0 radical (unpaired) electrons. The van der Waals surface area contributed by atoms with Gasteiger partial charge in [-0.1, -0.05) is 45.4 Å². The highest BCUT2D eigenvalue weighted by molar-refractivity contribution is 5.85. The van der Waals surface area contributed by atoms with Crippen molar-refractivity contribution in [3.8, 4) is 5.75 Å². The minimum atomic E-state index is -1.24. The van der Waals surface area contributed by atoms with Gasteiger partial charge in [-0.25, -0.2) is 0 Å². The van der Waals surface area contributed by atoms with E-state index in [1.807, 2.05) is 0 Å². The number of fused-ring (bicyclic) bond motifs is 1. The van der Waals surface area contributed by atoms with Crippen LogP contribution in [-0.4, -0.2) is 29.8 Å². The molecule has 1 aromatic carbocycles. The summed E-state index contributed by atoms with van der Waals surface area (Å²) >= 11 is 0. The van der Waals surface area contributed by atoms with Gasteiger partial charge in [-0.3, -0.25) is 4.79 Å². The molecule has 25 heavy (non-hydrogen) atoms. The fraction of sp³-hybridized carbons (Fsp3) is 0.667. The van der Waals surface area contributed by atoms with Crippen molar-refractivity contribution in [3.05, 3.63) is 29.3 Å². The fourth-order valence-corrected chi connectivity index (χ4v) is 4.58. The summed E-state index contributed by atoms with van der Waals surface area (Å²) < 4.78 is 5.72. The van der Waals surface area contributed by atoms with Crippen LogP contribution in [0.2, 0.25) is 0 Å². The second-order valence-electron chi connectivity index (χ2n) is 8.17. The van der Waals surface area contributed by atoms with Gasteiger partial charge in [-0.15, -0.1) is 0 Å². The van der Waals surface area contributed by atoms with E-state index < -0.39 is 5.60 Å². The zero-order valence-corrected chi connectivity index (χ0v) is 15.7. The van der Waals surface area contributed by atoms with Crippen LogP contribution in [0.4, 0.5) is 0 Å². The third-order valence-corrected chi connectivity index (χ3v) is 5.92. The number of carbonyl (C=O) groups is 1. The summed E-state index contributed by atoms with van der Waals surface area (Å²) in [5.74, 6) is 1.51. The van der Waals surface area contributed by atoms with Crippen LogP contribution in [0.25, 0.3) is 0 Å². The van der Waals surface area contributed by atoms with Crippen LogP contribution >= 0.6 is 0 Å². The Kier molecular flexibility index (Phi) is 5.38. The number of hydrogen-bond donors (Lipinski definition) is 2. The quantitative estimate of drug-likeness (QED) is 0.862. The Hall–Kier alpha value is -1.55. The third-order valence-electron chi connectivity index (χ3n) is 5.92. The highest BCUT2D eigenvalue weighted by Gasteiger charge is 2.48. The Morgan fingerprint density at radius 2 is 2.20 bits per heavy atom. The first-order valence-electron chi connectivity index (χ1n) is 9.66. The van der Waals surface area contributed by atoms with E-state index in [2.05, 4.69) is 44.3 Å². The summed E-state index contributed by atoms with van der Waals surface area (Å²) in [6.45, 7) is 7.60.